The van der Waals surface area contributed by atoms with Gasteiger partial charge >= 0.3 is 6.03 Å². The summed E-state index contributed by atoms with van der Waals surface area (Å²) in [5, 5.41) is 9.04. The summed E-state index contributed by atoms with van der Waals surface area (Å²) >= 11 is 0. The number of rotatable bonds is 7. The third-order valence-corrected chi connectivity index (χ3v) is 6.26. The largest absolute Gasteiger partial charge is 0.371 e. The molecule has 0 unspecified atom stereocenters. The Bertz CT molecular complexity index is 890. The lowest BCUT2D eigenvalue weighted by Gasteiger charge is -2.34. The highest BCUT2D eigenvalue weighted by Gasteiger charge is 2.24. The molecule has 0 saturated carbocycles. The molecule has 0 aliphatic carbocycles. The van der Waals surface area contributed by atoms with Gasteiger partial charge < -0.3 is 25.8 Å². The van der Waals surface area contributed by atoms with Gasteiger partial charge in [-0.25, -0.2) is 4.79 Å². The van der Waals surface area contributed by atoms with Crippen molar-refractivity contribution in [2.75, 3.05) is 49.5 Å². The Hall–Kier alpha value is -3.06. The number of benzene rings is 2. The number of carbonyl (C=O) groups excluding carboxylic acids is 2. The number of anilines is 2. The molecule has 32 heavy (non-hydrogen) atoms. The van der Waals surface area contributed by atoms with E-state index in [1.807, 2.05) is 54.6 Å². The van der Waals surface area contributed by atoms with Crippen LogP contribution in [0.15, 0.2) is 54.6 Å². The van der Waals surface area contributed by atoms with Gasteiger partial charge in [-0.15, -0.1) is 0 Å². The summed E-state index contributed by atoms with van der Waals surface area (Å²) in [6, 6.07) is 17.2. The zero-order valence-corrected chi connectivity index (χ0v) is 18.6. The molecule has 3 N–H and O–H groups in total. The molecule has 2 fully saturated rings. The first-order valence-corrected chi connectivity index (χ1v) is 11.7. The van der Waals surface area contributed by atoms with Crippen molar-refractivity contribution in [1.82, 2.24) is 15.5 Å². The maximum Gasteiger partial charge on any atom is 0.319 e. The van der Waals surface area contributed by atoms with Crippen LogP contribution in [0.5, 0.6) is 0 Å². The predicted octanol–water partition coefficient (Wildman–Crippen LogP) is 3.30. The molecule has 2 heterocycles. The lowest BCUT2D eigenvalue weighted by molar-refractivity contribution is 0.0950. The van der Waals surface area contributed by atoms with E-state index in [-0.39, 0.29) is 18.0 Å². The highest BCUT2D eigenvalue weighted by molar-refractivity contribution is 5.99. The van der Waals surface area contributed by atoms with Gasteiger partial charge in [0.05, 0.1) is 5.56 Å². The summed E-state index contributed by atoms with van der Waals surface area (Å²) in [4.78, 5) is 29.8. The van der Waals surface area contributed by atoms with E-state index in [0.29, 0.717) is 6.54 Å². The minimum atomic E-state index is -0.174. The second-order valence-electron chi connectivity index (χ2n) is 8.55. The van der Waals surface area contributed by atoms with E-state index in [0.717, 1.165) is 62.5 Å². The summed E-state index contributed by atoms with van der Waals surface area (Å²) in [5.74, 6) is -0.0118. The van der Waals surface area contributed by atoms with Crippen LogP contribution in [0.3, 0.4) is 0 Å². The summed E-state index contributed by atoms with van der Waals surface area (Å²) in [6.45, 7) is 5.46. The minimum Gasteiger partial charge on any atom is -0.371 e. The minimum absolute atomic E-state index is 0.0118. The Morgan fingerprint density at radius 3 is 2.31 bits per heavy atom. The van der Waals surface area contributed by atoms with Gasteiger partial charge in [0, 0.05) is 43.6 Å². The number of carbonyl (C=O) groups is 2. The van der Waals surface area contributed by atoms with Gasteiger partial charge in [0.1, 0.15) is 0 Å². The highest BCUT2D eigenvalue weighted by Crippen LogP contribution is 2.24. The van der Waals surface area contributed by atoms with E-state index in [4.69, 9.17) is 0 Å². The summed E-state index contributed by atoms with van der Waals surface area (Å²) in [5.41, 5.74) is 2.48. The van der Waals surface area contributed by atoms with E-state index in [9.17, 15) is 9.59 Å². The van der Waals surface area contributed by atoms with Crippen molar-refractivity contribution in [2.24, 2.45) is 0 Å². The number of amides is 3. The topological polar surface area (TPSA) is 76.7 Å². The fourth-order valence-corrected chi connectivity index (χ4v) is 4.51. The normalized spacial score (nSPS) is 17.2. The monoisotopic (exact) mass is 435 g/mol. The maximum atomic E-state index is 12.8. The van der Waals surface area contributed by atoms with E-state index < -0.39 is 0 Å². The molecule has 7 nitrogen and oxygen atoms in total. The van der Waals surface area contributed by atoms with Crippen molar-refractivity contribution in [3.63, 3.8) is 0 Å². The van der Waals surface area contributed by atoms with Crippen molar-refractivity contribution in [3.8, 4) is 0 Å². The van der Waals surface area contributed by atoms with Gasteiger partial charge in [0.25, 0.3) is 5.91 Å². The van der Waals surface area contributed by atoms with Gasteiger partial charge in [-0.1, -0.05) is 30.3 Å². The molecule has 0 atom stereocenters. The van der Waals surface area contributed by atoms with Crippen LogP contribution >= 0.6 is 0 Å². The average molecular weight is 436 g/mol. The fourth-order valence-electron chi connectivity index (χ4n) is 4.51. The molecule has 2 aliphatic heterocycles. The molecule has 0 spiro atoms. The second-order valence-corrected chi connectivity index (χ2v) is 8.55. The molecule has 0 bridgehead atoms. The van der Waals surface area contributed by atoms with Gasteiger partial charge in [0.2, 0.25) is 0 Å². The summed E-state index contributed by atoms with van der Waals surface area (Å²) < 4.78 is 0. The Morgan fingerprint density at radius 2 is 1.56 bits per heavy atom. The number of hydrogen-bond acceptors (Lipinski definition) is 4. The summed E-state index contributed by atoms with van der Waals surface area (Å²) in [6.07, 6.45) is 4.20. The fraction of sp³-hybridized carbons (Fsp3) is 0.440. The van der Waals surface area contributed by atoms with Crippen LogP contribution in [0, 0.1) is 0 Å². The summed E-state index contributed by atoms with van der Waals surface area (Å²) in [7, 11) is 0. The first-order valence-electron chi connectivity index (χ1n) is 11.7. The lowest BCUT2D eigenvalue weighted by Crippen LogP contribution is -2.46. The predicted molar refractivity (Wildman–Crippen MR) is 128 cm³/mol. The van der Waals surface area contributed by atoms with Gasteiger partial charge in [-0.3, -0.25) is 4.79 Å². The number of nitrogens with zero attached hydrogens (tertiary/aromatic N) is 2. The van der Waals surface area contributed by atoms with Crippen LogP contribution in [0.4, 0.5) is 16.2 Å². The molecule has 7 heteroatoms. The third-order valence-electron chi connectivity index (χ3n) is 6.26. The van der Waals surface area contributed by atoms with Gasteiger partial charge in [-0.05, 0) is 63.0 Å². The number of urea groups is 1. The molecule has 2 aromatic rings. The van der Waals surface area contributed by atoms with Crippen molar-refractivity contribution in [3.05, 3.63) is 60.2 Å². The van der Waals surface area contributed by atoms with E-state index in [1.165, 1.54) is 12.8 Å². The maximum absolute atomic E-state index is 12.8. The number of hydrogen-bond donors (Lipinski definition) is 3. The third kappa shape index (κ3) is 6.01. The highest BCUT2D eigenvalue weighted by atomic mass is 16.2. The smallest absolute Gasteiger partial charge is 0.319 e. The molecule has 2 aliphatic rings. The van der Waals surface area contributed by atoms with E-state index in [1.54, 1.807) is 0 Å². The zero-order valence-electron chi connectivity index (χ0n) is 18.6. The molecule has 0 aromatic heterocycles. The Balaban J connectivity index is 1.26. The molecule has 0 radical (unpaired) electrons. The molecular weight excluding hydrogens is 402 g/mol. The molecule has 170 valence electrons. The number of para-hydroxylation sites is 2. The Morgan fingerprint density at radius 1 is 0.875 bits per heavy atom. The molecule has 4 rings (SSSR count). The van der Waals surface area contributed by atoms with Crippen molar-refractivity contribution in [1.29, 1.82) is 0 Å². The number of likely N-dealkylation sites (tertiary alicyclic amines) is 1. The van der Waals surface area contributed by atoms with Crippen LogP contribution in [0.2, 0.25) is 0 Å². The van der Waals surface area contributed by atoms with Crippen LogP contribution in [0.1, 0.15) is 36.0 Å². The Kier molecular flexibility index (Phi) is 7.61. The van der Waals surface area contributed by atoms with E-state index >= 15 is 0 Å². The molecular formula is C25H33N5O2. The number of piperidine rings is 1. The lowest BCUT2D eigenvalue weighted by atomic mass is 10.0. The molecule has 2 aromatic carbocycles. The standard InChI is InChI=1S/C25H33N5O2/c31-24(26-14-19-29-15-6-7-16-29)22-10-4-5-11-23(22)30-17-12-21(13-18-30)28-25(32)27-20-8-2-1-3-9-20/h1-5,8-11,21H,6-7,12-19H2,(H,26,31)(H2,27,28,32). The molecule has 3 amide bonds. The van der Waals surface area contributed by atoms with Gasteiger partial charge in [-0.2, -0.15) is 0 Å². The van der Waals surface area contributed by atoms with Crippen LogP contribution in [-0.2, 0) is 0 Å². The van der Waals surface area contributed by atoms with Crippen LogP contribution < -0.4 is 20.9 Å². The SMILES string of the molecule is O=C(Nc1ccccc1)NC1CCN(c2ccccc2C(=O)NCCN2CCCC2)CC1. The molecule has 2 saturated heterocycles. The van der Waals surface area contributed by atoms with Gasteiger partial charge in [0.15, 0.2) is 0 Å². The van der Waals surface area contributed by atoms with E-state index in [2.05, 4.69) is 25.8 Å². The van der Waals surface area contributed by atoms with Crippen LogP contribution in [-0.4, -0.2) is 62.1 Å². The quantitative estimate of drug-likeness (QED) is 0.624. The average Bonchev–Trinajstić information content (AvgIpc) is 3.34. The zero-order chi connectivity index (χ0) is 22.2. The van der Waals surface area contributed by atoms with Crippen molar-refractivity contribution < 1.29 is 9.59 Å². The first kappa shape index (κ1) is 22.1. The van der Waals surface area contributed by atoms with Crippen LogP contribution in [0.25, 0.3) is 0 Å². The Labute approximate surface area is 190 Å². The first-order chi connectivity index (χ1) is 15.7. The second kappa shape index (κ2) is 11.0. The number of nitrogens with one attached hydrogen (secondary N) is 3. The van der Waals surface area contributed by atoms with Crippen molar-refractivity contribution >= 4 is 23.3 Å². The van der Waals surface area contributed by atoms with Crippen molar-refractivity contribution in [2.45, 2.75) is 31.7 Å².